The molecule has 0 radical (unpaired) electrons. The van der Waals surface area contributed by atoms with Gasteiger partial charge in [0.15, 0.2) is 0 Å². The Hall–Kier alpha value is -2.89. The summed E-state index contributed by atoms with van der Waals surface area (Å²) in [6, 6.07) is 4.07. The van der Waals surface area contributed by atoms with Crippen LogP contribution in [0.2, 0.25) is 0 Å². The van der Waals surface area contributed by atoms with E-state index in [1.165, 1.54) is 12.0 Å². The summed E-state index contributed by atoms with van der Waals surface area (Å²) < 4.78 is 7.70. The van der Waals surface area contributed by atoms with E-state index in [9.17, 15) is 9.90 Å². The molecule has 3 aromatic rings. The van der Waals surface area contributed by atoms with Crippen LogP contribution in [-0.4, -0.2) is 25.8 Å². The summed E-state index contributed by atoms with van der Waals surface area (Å²) in [5.41, 5.74) is 5.79. The minimum absolute atomic E-state index is 0.0390. The molecule has 2 aliphatic carbocycles. The average molecular weight is 363 g/mol. The molecule has 0 atom stereocenters. The van der Waals surface area contributed by atoms with Crippen LogP contribution in [0, 0.1) is 13.8 Å². The Morgan fingerprint density at radius 2 is 2.15 bits per heavy atom. The van der Waals surface area contributed by atoms with Crippen LogP contribution in [0.25, 0.3) is 11.3 Å². The number of pyridine rings is 1. The van der Waals surface area contributed by atoms with Crippen LogP contribution >= 0.6 is 0 Å². The summed E-state index contributed by atoms with van der Waals surface area (Å²) in [5.74, 6) is -0.206. The lowest BCUT2D eigenvalue weighted by atomic mass is 9.59. The molecule has 2 aliphatic rings. The van der Waals surface area contributed by atoms with Crippen molar-refractivity contribution in [3.63, 3.8) is 0 Å². The fourth-order valence-corrected chi connectivity index (χ4v) is 4.50. The molecule has 1 N–H and O–H groups in total. The van der Waals surface area contributed by atoms with Gasteiger partial charge in [-0.05, 0) is 38.3 Å². The fourth-order valence-electron chi connectivity index (χ4n) is 4.50. The van der Waals surface area contributed by atoms with Gasteiger partial charge in [0.1, 0.15) is 5.76 Å². The molecule has 1 saturated carbocycles. The van der Waals surface area contributed by atoms with E-state index in [2.05, 4.69) is 17.2 Å². The Bertz CT molecular complexity index is 1060. The highest BCUT2D eigenvalue weighted by Gasteiger charge is 2.47. The number of fused-ring (bicyclic) bond motifs is 4. The minimum Gasteiger partial charge on any atom is -0.475 e. The van der Waals surface area contributed by atoms with E-state index in [-0.39, 0.29) is 11.2 Å². The Balaban J connectivity index is 1.62. The maximum Gasteiger partial charge on any atom is 0.372 e. The number of carboxylic acids is 1. The summed E-state index contributed by atoms with van der Waals surface area (Å²) >= 11 is 0. The topological polar surface area (TPSA) is 81.2 Å². The van der Waals surface area contributed by atoms with E-state index in [0.717, 1.165) is 47.5 Å². The molecule has 0 amide bonds. The van der Waals surface area contributed by atoms with Gasteiger partial charge in [0.05, 0.1) is 17.9 Å². The van der Waals surface area contributed by atoms with Gasteiger partial charge in [0.25, 0.3) is 0 Å². The summed E-state index contributed by atoms with van der Waals surface area (Å²) in [5, 5.41) is 14.3. The van der Waals surface area contributed by atoms with Crippen LogP contribution < -0.4 is 0 Å². The van der Waals surface area contributed by atoms with Crippen molar-refractivity contribution in [2.24, 2.45) is 0 Å². The molecule has 3 aromatic heterocycles. The van der Waals surface area contributed by atoms with Crippen LogP contribution in [0.3, 0.4) is 0 Å². The van der Waals surface area contributed by atoms with Crippen molar-refractivity contribution in [1.82, 2.24) is 14.8 Å². The predicted octanol–water partition coefficient (Wildman–Crippen LogP) is 3.88. The maximum atomic E-state index is 11.5. The molecule has 0 aliphatic heterocycles. The zero-order valence-corrected chi connectivity index (χ0v) is 15.5. The first-order chi connectivity index (χ1) is 13.0. The van der Waals surface area contributed by atoms with Gasteiger partial charge in [-0.15, -0.1) is 0 Å². The molecule has 1 fully saturated rings. The molecule has 0 saturated heterocycles. The van der Waals surface area contributed by atoms with Crippen LogP contribution in [0.15, 0.2) is 28.9 Å². The third kappa shape index (κ3) is 2.36. The number of furan rings is 1. The van der Waals surface area contributed by atoms with Crippen molar-refractivity contribution in [3.8, 4) is 11.3 Å². The van der Waals surface area contributed by atoms with Gasteiger partial charge in [-0.3, -0.25) is 9.67 Å². The molecule has 3 heterocycles. The van der Waals surface area contributed by atoms with Crippen molar-refractivity contribution in [1.29, 1.82) is 0 Å². The van der Waals surface area contributed by atoms with E-state index < -0.39 is 5.97 Å². The summed E-state index contributed by atoms with van der Waals surface area (Å²) in [6.45, 7) is 4.43. The number of rotatable bonds is 3. The molecule has 27 heavy (non-hydrogen) atoms. The van der Waals surface area contributed by atoms with Crippen molar-refractivity contribution in [3.05, 3.63) is 58.4 Å². The summed E-state index contributed by atoms with van der Waals surface area (Å²) in [7, 11) is 0. The SMILES string of the molecule is Cc1ccc(Cn2cc3c(n2)-c2c(oc(C(=O)O)c2C)CC32CCC2)nc1. The van der Waals surface area contributed by atoms with Crippen LogP contribution in [-0.2, 0) is 18.4 Å². The molecule has 1 spiro atoms. The van der Waals surface area contributed by atoms with Crippen molar-refractivity contribution < 1.29 is 14.3 Å². The maximum absolute atomic E-state index is 11.5. The van der Waals surface area contributed by atoms with Crippen LogP contribution in [0.1, 0.15) is 58.0 Å². The van der Waals surface area contributed by atoms with Gasteiger partial charge in [-0.2, -0.15) is 5.10 Å². The zero-order valence-electron chi connectivity index (χ0n) is 15.5. The van der Waals surface area contributed by atoms with Crippen molar-refractivity contribution in [2.45, 2.75) is 51.5 Å². The van der Waals surface area contributed by atoms with Gasteiger partial charge in [-0.25, -0.2) is 4.79 Å². The molecule has 0 aromatic carbocycles. The monoisotopic (exact) mass is 363 g/mol. The Labute approximate surface area is 156 Å². The Morgan fingerprint density at radius 3 is 2.78 bits per heavy atom. The second kappa shape index (κ2) is 5.55. The third-order valence-corrected chi connectivity index (χ3v) is 6.09. The van der Waals surface area contributed by atoms with Crippen molar-refractivity contribution in [2.75, 3.05) is 0 Å². The first-order valence-corrected chi connectivity index (χ1v) is 9.32. The Morgan fingerprint density at radius 1 is 1.33 bits per heavy atom. The predicted molar refractivity (Wildman–Crippen MR) is 98.9 cm³/mol. The fraction of sp³-hybridized carbons (Fsp3) is 0.381. The molecule has 5 rings (SSSR count). The first-order valence-electron chi connectivity index (χ1n) is 9.32. The van der Waals surface area contributed by atoms with Gasteiger partial charge in [0, 0.05) is 40.9 Å². The lowest BCUT2D eigenvalue weighted by Gasteiger charge is -2.43. The lowest BCUT2D eigenvalue weighted by molar-refractivity contribution is 0.0657. The molecule has 0 bridgehead atoms. The quantitative estimate of drug-likeness (QED) is 0.764. The lowest BCUT2D eigenvalue weighted by Crippen LogP contribution is -2.38. The zero-order chi connectivity index (χ0) is 18.8. The standard InChI is InChI=1S/C21H21N3O3/c1-12-4-5-14(22-9-12)10-24-11-15-18(23-24)17-13(2)19(20(25)26)27-16(17)8-21(15)6-3-7-21/h4-5,9,11H,3,6-8,10H2,1-2H3,(H,25,26). The first kappa shape index (κ1) is 16.3. The summed E-state index contributed by atoms with van der Waals surface area (Å²) in [6.07, 6.45) is 8.13. The number of aromatic nitrogens is 3. The number of nitrogens with zero attached hydrogens (tertiary/aromatic N) is 3. The Kier molecular flexibility index (Phi) is 3.35. The third-order valence-electron chi connectivity index (χ3n) is 6.09. The van der Waals surface area contributed by atoms with E-state index >= 15 is 0 Å². The number of carbonyl (C=O) groups is 1. The summed E-state index contributed by atoms with van der Waals surface area (Å²) in [4.78, 5) is 16.0. The largest absolute Gasteiger partial charge is 0.475 e. The smallest absolute Gasteiger partial charge is 0.372 e. The van der Waals surface area contributed by atoms with Crippen molar-refractivity contribution >= 4 is 5.97 Å². The average Bonchev–Trinajstić information content (AvgIpc) is 3.15. The van der Waals surface area contributed by atoms with E-state index in [4.69, 9.17) is 9.52 Å². The van der Waals surface area contributed by atoms with Crippen LogP contribution in [0.4, 0.5) is 0 Å². The normalized spacial score (nSPS) is 16.7. The van der Waals surface area contributed by atoms with E-state index in [1.54, 1.807) is 0 Å². The highest BCUT2D eigenvalue weighted by atomic mass is 16.4. The highest BCUT2D eigenvalue weighted by molar-refractivity contribution is 5.90. The minimum atomic E-state index is -1.02. The molecule has 0 unspecified atom stereocenters. The van der Waals surface area contributed by atoms with Gasteiger partial charge < -0.3 is 9.52 Å². The molecular formula is C21H21N3O3. The highest BCUT2D eigenvalue weighted by Crippen LogP contribution is 2.54. The second-order valence-corrected chi connectivity index (χ2v) is 7.89. The van der Waals surface area contributed by atoms with Crippen LogP contribution in [0.5, 0.6) is 0 Å². The number of aryl methyl sites for hydroxylation is 1. The number of hydrogen-bond donors (Lipinski definition) is 1. The van der Waals surface area contributed by atoms with Gasteiger partial charge >= 0.3 is 5.97 Å². The molecule has 138 valence electrons. The number of carboxylic acid groups (broad SMARTS) is 1. The van der Waals surface area contributed by atoms with Gasteiger partial charge in [0.2, 0.25) is 5.76 Å². The number of hydrogen-bond acceptors (Lipinski definition) is 4. The van der Waals surface area contributed by atoms with E-state index in [1.807, 2.05) is 30.8 Å². The molecular weight excluding hydrogens is 342 g/mol. The second-order valence-electron chi connectivity index (χ2n) is 7.89. The van der Waals surface area contributed by atoms with E-state index in [0.29, 0.717) is 12.1 Å². The van der Waals surface area contributed by atoms with Gasteiger partial charge in [-0.1, -0.05) is 12.5 Å². The molecule has 6 heteroatoms. The number of aromatic carboxylic acids is 1. The molecule has 6 nitrogen and oxygen atoms in total.